The average molecular weight is 463 g/mol. The van der Waals surface area contributed by atoms with Gasteiger partial charge in [-0.1, -0.05) is 0 Å². The standard InChI is InChI=1S/C21H26N4O6S/c1-31-19-6-8-20(9-7-19)32(29,30)24-14-10-16(11-15-24)21(26)23-13-12-22-17-2-4-18(5-3-17)25(27)28/h2-9,16,22H,10-15H2,1H3,(H,23,26). The molecule has 0 bridgehead atoms. The molecule has 2 aromatic rings. The van der Waals surface area contributed by atoms with Gasteiger partial charge in [0.1, 0.15) is 5.75 Å². The van der Waals surface area contributed by atoms with Gasteiger partial charge in [-0.15, -0.1) is 0 Å². The lowest BCUT2D eigenvalue weighted by Crippen LogP contribution is -2.43. The number of nitrogens with zero attached hydrogens (tertiary/aromatic N) is 2. The number of benzene rings is 2. The highest BCUT2D eigenvalue weighted by molar-refractivity contribution is 7.89. The molecule has 1 aliphatic rings. The minimum absolute atomic E-state index is 0.0178. The summed E-state index contributed by atoms with van der Waals surface area (Å²) in [5.41, 5.74) is 0.742. The Kier molecular flexibility index (Phi) is 7.65. The van der Waals surface area contributed by atoms with Crippen molar-refractivity contribution < 1.29 is 22.9 Å². The van der Waals surface area contributed by atoms with Crippen molar-refractivity contribution in [1.29, 1.82) is 0 Å². The predicted octanol–water partition coefficient (Wildman–Crippen LogP) is 2.23. The number of amides is 1. The molecule has 1 saturated heterocycles. The minimum Gasteiger partial charge on any atom is -0.497 e. The summed E-state index contributed by atoms with van der Waals surface area (Å²) in [6.07, 6.45) is 0.911. The lowest BCUT2D eigenvalue weighted by molar-refractivity contribution is -0.384. The van der Waals surface area contributed by atoms with Crippen LogP contribution in [-0.2, 0) is 14.8 Å². The third kappa shape index (κ3) is 5.74. The van der Waals surface area contributed by atoms with Gasteiger partial charge in [0.25, 0.3) is 5.69 Å². The number of nitro groups is 1. The lowest BCUT2D eigenvalue weighted by atomic mass is 9.97. The molecule has 1 fully saturated rings. The molecule has 172 valence electrons. The molecule has 0 aliphatic carbocycles. The fourth-order valence-electron chi connectivity index (χ4n) is 3.49. The molecular formula is C21H26N4O6S. The van der Waals surface area contributed by atoms with Crippen molar-refractivity contribution in [2.24, 2.45) is 5.92 Å². The molecule has 32 heavy (non-hydrogen) atoms. The third-order valence-electron chi connectivity index (χ3n) is 5.35. The van der Waals surface area contributed by atoms with Crippen LogP contribution in [0.4, 0.5) is 11.4 Å². The van der Waals surface area contributed by atoms with Crippen LogP contribution in [0.25, 0.3) is 0 Å². The molecule has 11 heteroatoms. The number of sulfonamides is 1. The zero-order valence-electron chi connectivity index (χ0n) is 17.7. The van der Waals surface area contributed by atoms with E-state index < -0.39 is 14.9 Å². The van der Waals surface area contributed by atoms with Crippen LogP contribution >= 0.6 is 0 Å². The van der Waals surface area contributed by atoms with E-state index in [2.05, 4.69) is 10.6 Å². The second-order valence-electron chi connectivity index (χ2n) is 7.38. The van der Waals surface area contributed by atoms with E-state index >= 15 is 0 Å². The van der Waals surface area contributed by atoms with Crippen molar-refractivity contribution in [3.8, 4) is 5.75 Å². The van der Waals surface area contributed by atoms with Gasteiger partial charge in [0.05, 0.1) is 16.9 Å². The maximum Gasteiger partial charge on any atom is 0.269 e. The smallest absolute Gasteiger partial charge is 0.269 e. The minimum atomic E-state index is -3.60. The van der Waals surface area contributed by atoms with Crippen LogP contribution in [0, 0.1) is 16.0 Å². The van der Waals surface area contributed by atoms with Crippen LogP contribution in [0.1, 0.15) is 12.8 Å². The Morgan fingerprint density at radius 2 is 1.72 bits per heavy atom. The van der Waals surface area contributed by atoms with E-state index in [1.54, 1.807) is 24.3 Å². The predicted molar refractivity (Wildman–Crippen MR) is 119 cm³/mol. The summed E-state index contributed by atoms with van der Waals surface area (Å²) < 4.78 is 32.1. The first-order chi connectivity index (χ1) is 15.3. The molecule has 1 amide bonds. The summed E-state index contributed by atoms with van der Waals surface area (Å²) in [6.45, 7) is 1.43. The van der Waals surface area contributed by atoms with E-state index in [1.807, 2.05) is 0 Å². The van der Waals surface area contributed by atoms with Crippen LogP contribution in [0.15, 0.2) is 53.4 Å². The third-order valence-corrected chi connectivity index (χ3v) is 7.27. The van der Waals surface area contributed by atoms with Gasteiger partial charge < -0.3 is 15.4 Å². The first-order valence-corrected chi connectivity index (χ1v) is 11.7. The number of methoxy groups -OCH3 is 1. The lowest BCUT2D eigenvalue weighted by Gasteiger charge is -2.30. The Morgan fingerprint density at radius 1 is 1.09 bits per heavy atom. The monoisotopic (exact) mass is 462 g/mol. The fraction of sp³-hybridized carbons (Fsp3) is 0.381. The molecule has 2 N–H and O–H groups in total. The van der Waals surface area contributed by atoms with Crippen molar-refractivity contribution >= 4 is 27.3 Å². The Morgan fingerprint density at radius 3 is 2.28 bits per heavy atom. The zero-order valence-corrected chi connectivity index (χ0v) is 18.5. The molecule has 0 saturated carbocycles. The van der Waals surface area contributed by atoms with Gasteiger partial charge in [-0.25, -0.2) is 8.42 Å². The molecule has 2 aromatic carbocycles. The SMILES string of the molecule is COc1ccc(S(=O)(=O)N2CCC(C(=O)NCCNc3ccc([N+](=O)[O-])cc3)CC2)cc1. The highest BCUT2D eigenvalue weighted by atomic mass is 32.2. The number of rotatable bonds is 9. The number of carbonyl (C=O) groups is 1. The molecule has 0 radical (unpaired) electrons. The van der Waals surface area contributed by atoms with E-state index in [4.69, 9.17) is 4.74 Å². The summed E-state index contributed by atoms with van der Waals surface area (Å²) in [6, 6.07) is 12.3. The van der Waals surface area contributed by atoms with Crippen LogP contribution in [0.5, 0.6) is 5.75 Å². The van der Waals surface area contributed by atoms with Crippen molar-refractivity contribution in [3.63, 3.8) is 0 Å². The Hall–Kier alpha value is -3.18. The summed E-state index contributed by atoms with van der Waals surface area (Å²) in [4.78, 5) is 22.8. The highest BCUT2D eigenvalue weighted by Gasteiger charge is 2.32. The Bertz CT molecular complexity index is 1030. The van der Waals surface area contributed by atoms with E-state index in [1.165, 1.54) is 35.7 Å². The van der Waals surface area contributed by atoms with Crippen molar-refractivity contribution in [2.45, 2.75) is 17.7 Å². The number of nitrogens with one attached hydrogen (secondary N) is 2. The second kappa shape index (κ2) is 10.4. The van der Waals surface area contributed by atoms with Crippen molar-refractivity contribution in [3.05, 3.63) is 58.6 Å². The normalized spacial score (nSPS) is 15.2. The molecular weight excluding hydrogens is 436 g/mol. The number of nitro benzene ring substituents is 1. The molecule has 1 heterocycles. The van der Waals surface area contributed by atoms with E-state index in [-0.39, 0.29) is 35.5 Å². The van der Waals surface area contributed by atoms with Gasteiger partial charge in [0.2, 0.25) is 15.9 Å². The van der Waals surface area contributed by atoms with Gasteiger partial charge >= 0.3 is 0 Å². The van der Waals surface area contributed by atoms with E-state index in [9.17, 15) is 23.3 Å². The van der Waals surface area contributed by atoms with E-state index in [0.29, 0.717) is 31.7 Å². The van der Waals surface area contributed by atoms with Gasteiger partial charge in [0.15, 0.2) is 0 Å². The number of non-ortho nitro benzene ring substituents is 1. The van der Waals surface area contributed by atoms with Gasteiger partial charge in [-0.05, 0) is 49.2 Å². The molecule has 0 atom stereocenters. The average Bonchev–Trinajstić information content (AvgIpc) is 2.82. The molecule has 0 unspecified atom stereocenters. The number of carbonyl (C=O) groups excluding carboxylic acids is 1. The number of piperidine rings is 1. The topological polar surface area (TPSA) is 131 Å². The number of ether oxygens (including phenoxy) is 1. The van der Waals surface area contributed by atoms with Crippen molar-refractivity contribution in [2.75, 3.05) is 38.6 Å². The molecule has 1 aliphatic heterocycles. The summed E-state index contributed by atoms with van der Waals surface area (Å²) in [5.74, 6) is 0.246. The largest absolute Gasteiger partial charge is 0.497 e. The van der Waals surface area contributed by atoms with Crippen LogP contribution in [0.3, 0.4) is 0 Å². The summed E-state index contributed by atoms with van der Waals surface area (Å²) in [7, 11) is -2.08. The maximum absolute atomic E-state index is 12.8. The Balaban J connectivity index is 1.42. The molecule has 0 spiro atoms. The van der Waals surface area contributed by atoms with Crippen LogP contribution in [-0.4, -0.2) is 56.8 Å². The van der Waals surface area contributed by atoms with Gasteiger partial charge in [-0.3, -0.25) is 14.9 Å². The summed E-state index contributed by atoms with van der Waals surface area (Å²) in [5, 5.41) is 16.6. The van der Waals surface area contributed by atoms with E-state index in [0.717, 1.165) is 5.69 Å². The summed E-state index contributed by atoms with van der Waals surface area (Å²) >= 11 is 0. The maximum atomic E-state index is 12.8. The van der Waals surface area contributed by atoms with Crippen molar-refractivity contribution in [1.82, 2.24) is 9.62 Å². The first-order valence-electron chi connectivity index (χ1n) is 10.2. The number of hydrogen-bond donors (Lipinski definition) is 2. The molecule has 10 nitrogen and oxygen atoms in total. The van der Waals surface area contributed by atoms with Gasteiger partial charge in [-0.2, -0.15) is 4.31 Å². The van der Waals surface area contributed by atoms with Crippen LogP contribution < -0.4 is 15.4 Å². The quantitative estimate of drug-likeness (QED) is 0.332. The highest BCUT2D eigenvalue weighted by Crippen LogP contribution is 2.25. The fourth-order valence-corrected chi connectivity index (χ4v) is 4.96. The molecule has 0 aromatic heterocycles. The van der Waals surface area contributed by atoms with Gasteiger partial charge in [0, 0.05) is 49.9 Å². The number of anilines is 1. The Labute approximate surface area is 186 Å². The zero-order chi connectivity index (χ0) is 23.1. The first kappa shape index (κ1) is 23.5. The second-order valence-corrected chi connectivity index (χ2v) is 9.31. The van der Waals surface area contributed by atoms with Crippen LogP contribution in [0.2, 0.25) is 0 Å². The number of hydrogen-bond acceptors (Lipinski definition) is 7. The molecule has 3 rings (SSSR count).